The number of aromatic nitrogens is 3. The SMILES string of the molecule is CC(C)c1nnc2n1C[C@H](C(=O)NN)CC2. The molecule has 0 bridgehead atoms. The molecule has 1 aliphatic heterocycles. The van der Waals surface area contributed by atoms with Gasteiger partial charge in [0.1, 0.15) is 11.6 Å². The fourth-order valence-corrected chi connectivity index (χ4v) is 2.11. The van der Waals surface area contributed by atoms with E-state index in [0.29, 0.717) is 12.5 Å². The van der Waals surface area contributed by atoms with Crippen LogP contribution in [0.1, 0.15) is 37.8 Å². The number of rotatable bonds is 2. The second-order valence-corrected chi connectivity index (χ2v) is 4.48. The number of amides is 1. The van der Waals surface area contributed by atoms with Gasteiger partial charge in [0.15, 0.2) is 0 Å². The summed E-state index contributed by atoms with van der Waals surface area (Å²) in [7, 11) is 0. The van der Waals surface area contributed by atoms with Crippen molar-refractivity contribution in [2.45, 2.75) is 39.2 Å². The molecule has 3 N–H and O–H groups in total. The number of nitrogens with one attached hydrogen (secondary N) is 1. The highest BCUT2D eigenvalue weighted by Gasteiger charge is 2.27. The van der Waals surface area contributed by atoms with Crippen LogP contribution in [0.15, 0.2) is 0 Å². The minimum atomic E-state index is -0.103. The number of nitrogens with zero attached hydrogens (tertiary/aromatic N) is 3. The van der Waals surface area contributed by atoms with E-state index in [1.54, 1.807) is 0 Å². The third kappa shape index (κ3) is 1.80. The summed E-state index contributed by atoms with van der Waals surface area (Å²) in [6, 6.07) is 0. The topological polar surface area (TPSA) is 85.8 Å². The van der Waals surface area contributed by atoms with Crippen LogP contribution < -0.4 is 11.3 Å². The lowest BCUT2D eigenvalue weighted by molar-refractivity contribution is -0.126. The lowest BCUT2D eigenvalue weighted by Gasteiger charge is -2.23. The van der Waals surface area contributed by atoms with Crippen molar-refractivity contribution in [3.63, 3.8) is 0 Å². The van der Waals surface area contributed by atoms with Crippen LogP contribution >= 0.6 is 0 Å². The van der Waals surface area contributed by atoms with Crippen LogP contribution in [0.2, 0.25) is 0 Å². The van der Waals surface area contributed by atoms with Gasteiger partial charge in [0.05, 0.1) is 5.92 Å². The Hall–Kier alpha value is -1.43. The Kier molecular flexibility index (Phi) is 2.91. The van der Waals surface area contributed by atoms with Crippen LogP contribution in [0.4, 0.5) is 0 Å². The third-order valence-corrected chi connectivity index (χ3v) is 3.00. The highest BCUT2D eigenvalue weighted by molar-refractivity contribution is 5.78. The molecular weight excluding hydrogens is 206 g/mol. The van der Waals surface area contributed by atoms with Gasteiger partial charge >= 0.3 is 0 Å². The average molecular weight is 223 g/mol. The lowest BCUT2D eigenvalue weighted by Crippen LogP contribution is -2.40. The van der Waals surface area contributed by atoms with Crippen LogP contribution in [-0.4, -0.2) is 20.7 Å². The highest BCUT2D eigenvalue weighted by Crippen LogP contribution is 2.23. The first kappa shape index (κ1) is 11.1. The molecule has 0 aliphatic carbocycles. The molecule has 1 aromatic heterocycles. The predicted octanol–water partition coefficient (Wildman–Crippen LogP) is -0.0462. The van der Waals surface area contributed by atoms with Crippen molar-refractivity contribution in [3.05, 3.63) is 11.6 Å². The highest BCUT2D eigenvalue weighted by atomic mass is 16.2. The Morgan fingerprint density at radius 3 is 2.94 bits per heavy atom. The summed E-state index contributed by atoms with van der Waals surface area (Å²) in [5.41, 5.74) is 2.21. The third-order valence-electron chi connectivity index (χ3n) is 3.00. The number of hydrogen-bond acceptors (Lipinski definition) is 4. The number of carbonyl (C=O) groups excluding carboxylic acids is 1. The Morgan fingerprint density at radius 1 is 1.56 bits per heavy atom. The summed E-state index contributed by atoms with van der Waals surface area (Å²) in [5, 5.41) is 8.31. The number of fused-ring (bicyclic) bond motifs is 1. The maximum Gasteiger partial charge on any atom is 0.238 e. The van der Waals surface area contributed by atoms with Crippen LogP contribution in [0, 0.1) is 5.92 Å². The van der Waals surface area contributed by atoms with E-state index in [1.807, 2.05) is 4.57 Å². The smallest absolute Gasteiger partial charge is 0.238 e. The summed E-state index contributed by atoms with van der Waals surface area (Å²) in [6.07, 6.45) is 1.58. The van der Waals surface area contributed by atoms with E-state index in [1.165, 1.54) is 0 Å². The van der Waals surface area contributed by atoms with Gasteiger partial charge in [-0.05, 0) is 6.42 Å². The Balaban J connectivity index is 2.24. The molecule has 0 radical (unpaired) electrons. The number of aryl methyl sites for hydroxylation is 1. The van der Waals surface area contributed by atoms with Crippen LogP contribution in [-0.2, 0) is 17.8 Å². The van der Waals surface area contributed by atoms with E-state index in [9.17, 15) is 4.79 Å². The van der Waals surface area contributed by atoms with Crippen molar-refractivity contribution in [1.29, 1.82) is 0 Å². The number of hydrogen-bond donors (Lipinski definition) is 2. The number of hydrazine groups is 1. The van der Waals surface area contributed by atoms with Crippen molar-refractivity contribution in [2.24, 2.45) is 11.8 Å². The van der Waals surface area contributed by atoms with Gasteiger partial charge < -0.3 is 4.57 Å². The summed E-state index contributed by atoms with van der Waals surface area (Å²) in [5.74, 6) is 7.23. The molecule has 1 atom stereocenters. The van der Waals surface area contributed by atoms with E-state index in [0.717, 1.165) is 24.5 Å². The second kappa shape index (κ2) is 4.21. The van der Waals surface area contributed by atoms with Crippen LogP contribution in [0.5, 0.6) is 0 Å². The van der Waals surface area contributed by atoms with Crippen molar-refractivity contribution >= 4 is 5.91 Å². The molecule has 0 saturated heterocycles. The van der Waals surface area contributed by atoms with Gasteiger partial charge in [0, 0.05) is 18.9 Å². The number of carbonyl (C=O) groups is 1. The molecule has 6 nitrogen and oxygen atoms in total. The standard InChI is InChI=1S/C10H17N5O/c1-6(2)9-14-13-8-4-3-7(5-15(8)9)10(16)12-11/h6-7H,3-5,11H2,1-2H3,(H,12,16)/t7-/m1/s1. The van der Waals surface area contributed by atoms with E-state index >= 15 is 0 Å². The first-order chi connectivity index (χ1) is 7.63. The van der Waals surface area contributed by atoms with E-state index in [4.69, 9.17) is 5.84 Å². The van der Waals surface area contributed by atoms with E-state index < -0.39 is 0 Å². The minimum absolute atomic E-state index is 0.0639. The molecule has 0 unspecified atom stereocenters. The van der Waals surface area contributed by atoms with Gasteiger partial charge in [-0.3, -0.25) is 10.2 Å². The molecule has 0 fully saturated rings. The molecule has 88 valence electrons. The minimum Gasteiger partial charge on any atom is -0.314 e. The molecule has 1 aromatic rings. The van der Waals surface area contributed by atoms with Crippen molar-refractivity contribution in [2.75, 3.05) is 0 Å². The van der Waals surface area contributed by atoms with Gasteiger partial charge in [-0.15, -0.1) is 10.2 Å². The monoisotopic (exact) mass is 223 g/mol. The zero-order chi connectivity index (χ0) is 11.7. The van der Waals surface area contributed by atoms with Gasteiger partial charge in [-0.2, -0.15) is 0 Å². The molecule has 2 heterocycles. The quantitative estimate of drug-likeness (QED) is 0.418. The predicted molar refractivity (Wildman–Crippen MR) is 58.3 cm³/mol. The van der Waals surface area contributed by atoms with E-state index in [2.05, 4.69) is 29.5 Å². The fraction of sp³-hybridized carbons (Fsp3) is 0.700. The maximum atomic E-state index is 11.5. The molecule has 1 aliphatic rings. The molecule has 0 spiro atoms. The van der Waals surface area contributed by atoms with Gasteiger partial charge in [0.25, 0.3) is 0 Å². The fourth-order valence-electron chi connectivity index (χ4n) is 2.11. The summed E-state index contributed by atoms with van der Waals surface area (Å²) in [4.78, 5) is 11.5. The van der Waals surface area contributed by atoms with E-state index in [-0.39, 0.29) is 11.8 Å². The molecule has 6 heteroatoms. The summed E-state index contributed by atoms with van der Waals surface area (Å²) < 4.78 is 2.05. The maximum absolute atomic E-state index is 11.5. The summed E-state index contributed by atoms with van der Waals surface area (Å²) >= 11 is 0. The van der Waals surface area contributed by atoms with Crippen molar-refractivity contribution < 1.29 is 4.79 Å². The molecule has 1 amide bonds. The van der Waals surface area contributed by atoms with Crippen molar-refractivity contribution in [1.82, 2.24) is 20.2 Å². The Morgan fingerprint density at radius 2 is 2.31 bits per heavy atom. The van der Waals surface area contributed by atoms with Gasteiger partial charge in [-0.1, -0.05) is 13.8 Å². The molecular formula is C10H17N5O. The van der Waals surface area contributed by atoms with Crippen LogP contribution in [0.3, 0.4) is 0 Å². The normalized spacial score (nSPS) is 19.6. The van der Waals surface area contributed by atoms with Crippen molar-refractivity contribution in [3.8, 4) is 0 Å². The first-order valence-electron chi connectivity index (χ1n) is 5.56. The molecule has 16 heavy (non-hydrogen) atoms. The zero-order valence-electron chi connectivity index (χ0n) is 9.60. The molecule has 0 saturated carbocycles. The van der Waals surface area contributed by atoms with Gasteiger partial charge in [0.2, 0.25) is 5.91 Å². The first-order valence-corrected chi connectivity index (χ1v) is 5.56. The van der Waals surface area contributed by atoms with Gasteiger partial charge in [-0.25, -0.2) is 5.84 Å². The Labute approximate surface area is 94.2 Å². The molecule has 0 aromatic carbocycles. The second-order valence-electron chi connectivity index (χ2n) is 4.48. The average Bonchev–Trinajstić information content (AvgIpc) is 2.70. The number of nitrogens with two attached hydrogens (primary N) is 1. The van der Waals surface area contributed by atoms with Crippen LogP contribution in [0.25, 0.3) is 0 Å². The molecule has 2 rings (SSSR count). The lowest BCUT2D eigenvalue weighted by atomic mass is 9.98. The largest absolute Gasteiger partial charge is 0.314 e. The summed E-state index contributed by atoms with van der Waals surface area (Å²) in [6.45, 7) is 4.78. The Bertz CT molecular complexity index is 398. The zero-order valence-corrected chi connectivity index (χ0v) is 9.60.